The minimum absolute atomic E-state index is 0. The summed E-state index contributed by atoms with van der Waals surface area (Å²) in [6.07, 6.45) is 0. The molecule has 0 aliphatic rings. The van der Waals surface area contributed by atoms with Gasteiger partial charge in [-0.15, -0.1) is 0 Å². The standard InChI is InChI=1S/C2H6.CH4.2HI.V/c1-2;;;;/h1-2H3;1H4;2*1H;/q;;;;+2/p-2. The number of rotatable bonds is 0. The molecule has 0 amide bonds. The molecule has 0 aliphatic heterocycles. The average molecular weight is 351 g/mol. The van der Waals surface area contributed by atoms with Crippen LogP contribution in [0.3, 0.4) is 0 Å². The summed E-state index contributed by atoms with van der Waals surface area (Å²) in [5, 5.41) is 0. The molecule has 6 heavy (non-hydrogen) atoms. The van der Waals surface area contributed by atoms with Crippen LogP contribution in [0.5, 0.6) is 0 Å². The van der Waals surface area contributed by atoms with Gasteiger partial charge in [0.25, 0.3) is 0 Å². The van der Waals surface area contributed by atoms with Gasteiger partial charge in [-0.05, 0) is 0 Å². The predicted octanol–water partition coefficient (Wildman–Crippen LogP) is 3.43. The molecule has 0 radical (unpaired) electrons. The van der Waals surface area contributed by atoms with Crippen LogP contribution in [0.25, 0.3) is 0 Å². The second-order valence-electron chi connectivity index (χ2n) is 0.0639. The number of hydrogen-bond acceptors (Lipinski definition) is 0. The Morgan fingerprint density at radius 2 is 1.17 bits per heavy atom. The molecule has 3 heteroatoms. The molecule has 0 aromatic heterocycles. The van der Waals surface area contributed by atoms with Crippen LogP contribution in [0, 0.1) is 0 Å². The first-order valence-electron chi connectivity index (χ1n) is 1.34. The molecule has 0 spiro atoms. The van der Waals surface area contributed by atoms with Gasteiger partial charge in [0.15, 0.2) is 0 Å². The fraction of sp³-hybridized carbons (Fsp3) is 1.00. The van der Waals surface area contributed by atoms with E-state index in [1.165, 1.54) is 0 Å². The van der Waals surface area contributed by atoms with Gasteiger partial charge < -0.3 is 0 Å². The molecule has 41 valence electrons. The van der Waals surface area contributed by atoms with Crippen LogP contribution in [0.4, 0.5) is 0 Å². The molecule has 0 unspecified atom stereocenters. The molecular weight excluding hydrogens is 341 g/mol. The van der Waals surface area contributed by atoms with Crippen LogP contribution in [-0.4, -0.2) is 0 Å². The van der Waals surface area contributed by atoms with E-state index in [1.54, 1.807) is 0 Å². The van der Waals surface area contributed by atoms with Gasteiger partial charge in [0, 0.05) is 0 Å². The second-order valence-corrected chi connectivity index (χ2v) is 11.9. The summed E-state index contributed by atoms with van der Waals surface area (Å²) in [6, 6.07) is 0. The molecule has 0 bridgehead atoms. The van der Waals surface area contributed by atoms with Crippen molar-refractivity contribution in [2.75, 3.05) is 0 Å². The molecule has 0 heterocycles. The Hall–Kier alpha value is 2.04. The van der Waals surface area contributed by atoms with E-state index in [4.69, 9.17) is 0 Å². The fourth-order valence-electron chi connectivity index (χ4n) is 0. The number of hydrogen-bond donors (Lipinski definition) is 0. The Balaban J connectivity index is -0.0000000275. The summed E-state index contributed by atoms with van der Waals surface area (Å²) in [7, 11) is 0.628. The van der Waals surface area contributed by atoms with Gasteiger partial charge in [-0.1, -0.05) is 21.3 Å². The van der Waals surface area contributed by atoms with Gasteiger partial charge in [0.1, 0.15) is 0 Å². The maximum absolute atomic E-state index is 2.37. The Labute approximate surface area is 69.7 Å². The van der Waals surface area contributed by atoms with E-state index in [0.29, 0.717) is 9.47 Å². The molecule has 0 saturated heterocycles. The Bertz CT molecular complexity index is 8.75. The SMILES string of the molecule is C.CC.[I][V][I]. The van der Waals surface area contributed by atoms with Gasteiger partial charge >= 0.3 is 49.4 Å². The van der Waals surface area contributed by atoms with Crippen LogP contribution < -0.4 is 0 Å². The summed E-state index contributed by atoms with van der Waals surface area (Å²) in [6.45, 7) is 4.00. The zero-order chi connectivity index (χ0) is 4.71. The van der Waals surface area contributed by atoms with E-state index in [-0.39, 0.29) is 7.43 Å². The van der Waals surface area contributed by atoms with Gasteiger partial charge in [0.2, 0.25) is 0 Å². The third-order valence-electron chi connectivity index (χ3n) is 0. The van der Waals surface area contributed by atoms with E-state index < -0.39 is 0 Å². The minimum atomic E-state index is 0. The van der Waals surface area contributed by atoms with E-state index >= 15 is 0 Å². The van der Waals surface area contributed by atoms with E-state index in [2.05, 4.69) is 40.0 Å². The molecule has 0 atom stereocenters. The number of halogens is 2. The van der Waals surface area contributed by atoms with Gasteiger partial charge in [-0.3, -0.25) is 0 Å². The van der Waals surface area contributed by atoms with E-state index in [0.717, 1.165) is 0 Å². The first-order chi connectivity index (χ1) is 2.41. The van der Waals surface area contributed by atoms with Crippen LogP contribution in [0.2, 0.25) is 0 Å². The Morgan fingerprint density at radius 1 is 1.17 bits per heavy atom. The summed E-state index contributed by atoms with van der Waals surface area (Å²) in [5.74, 6) is 0. The Morgan fingerprint density at radius 3 is 1.17 bits per heavy atom. The van der Waals surface area contributed by atoms with Crippen molar-refractivity contribution in [2.24, 2.45) is 0 Å². The van der Waals surface area contributed by atoms with Crippen molar-refractivity contribution in [3.63, 3.8) is 0 Å². The van der Waals surface area contributed by atoms with Crippen molar-refractivity contribution in [2.45, 2.75) is 21.3 Å². The molecule has 0 aromatic carbocycles. The summed E-state index contributed by atoms with van der Waals surface area (Å²) in [5.41, 5.74) is 0. The molecule has 0 rings (SSSR count). The van der Waals surface area contributed by atoms with E-state index in [9.17, 15) is 0 Å². The van der Waals surface area contributed by atoms with Crippen LogP contribution >= 0.6 is 40.0 Å². The first-order valence-corrected chi connectivity index (χ1v) is 10.4. The van der Waals surface area contributed by atoms with Crippen molar-refractivity contribution < 1.29 is 9.47 Å². The Kier molecular flexibility index (Phi) is 72.6. The molecule has 0 fully saturated rings. The molecule has 0 aliphatic carbocycles. The molecular formula is C3H10I2V. The molecule has 0 nitrogen and oxygen atoms in total. The second kappa shape index (κ2) is 27.8. The van der Waals surface area contributed by atoms with Gasteiger partial charge in [-0.2, -0.15) is 0 Å². The average Bonchev–Trinajstić information content (AvgIpc) is 1.46. The maximum atomic E-state index is 2.37. The van der Waals surface area contributed by atoms with Crippen LogP contribution in [-0.2, 0) is 9.47 Å². The van der Waals surface area contributed by atoms with E-state index in [1.807, 2.05) is 13.8 Å². The summed E-state index contributed by atoms with van der Waals surface area (Å²) >= 11 is 4.74. The zero-order valence-electron chi connectivity index (χ0n) is 3.20. The summed E-state index contributed by atoms with van der Waals surface area (Å²) in [4.78, 5) is 0. The first kappa shape index (κ1) is 15.7. The fourth-order valence-corrected chi connectivity index (χ4v) is 0. The molecule has 0 N–H and O–H groups in total. The zero-order valence-corrected chi connectivity index (χ0v) is 8.91. The normalized spacial score (nSPS) is 3.33. The van der Waals surface area contributed by atoms with Crippen molar-refractivity contribution in [3.8, 4) is 0 Å². The quantitative estimate of drug-likeness (QED) is 0.587. The molecule has 0 aromatic rings. The van der Waals surface area contributed by atoms with Gasteiger partial charge in [0.05, 0.1) is 0 Å². The van der Waals surface area contributed by atoms with Crippen molar-refractivity contribution in [1.29, 1.82) is 0 Å². The van der Waals surface area contributed by atoms with Crippen LogP contribution in [0.15, 0.2) is 0 Å². The topological polar surface area (TPSA) is 0 Å². The van der Waals surface area contributed by atoms with Crippen molar-refractivity contribution in [1.82, 2.24) is 0 Å². The van der Waals surface area contributed by atoms with Crippen molar-refractivity contribution in [3.05, 3.63) is 0 Å². The summed E-state index contributed by atoms with van der Waals surface area (Å²) < 4.78 is 0. The third kappa shape index (κ3) is 36.8. The van der Waals surface area contributed by atoms with Crippen molar-refractivity contribution >= 4 is 40.0 Å². The monoisotopic (exact) mass is 351 g/mol. The van der Waals surface area contributed by atoms with Gasteiger partial charge in [-0.25, -0.2) is 0 Å². The third-order valence-corrected chi connectivity index (χ3v) is 0. The van der Waals surface area contributed by atoms with Crippen LogP contribution in [0.1, 0.15) is 21.3 Å². The predicted molar refractivity (Wildman–Crippen MR) is 46.1 cm³/mol. The molecule has 0 saturated carbocycles.